The molecule has 1 N–H and O–H groups in total. The quantitative estimate of drug-likeness (QED) is 0.725. The van der Waals surface area contributed by atoms with Gasteiger partial charge in [0.15, 0.2) is 5.82 Å². The van der Waals surface area contributed by atoms with Gasteiger partial charge in [0.05, 0.1) is 0 Å². The van der Waals surface area contributed by atoms with Crippen molar-refractivity contribution < 1.29 is 5.11 Å². The summed E-state index contributed by atoms with van der Waals surface area (Å²) in [5.41, 5.74) is 0.454. The summed E-state index contributed by atoms with van der Waals surface area (Å²) in [5, 5.41) is 17.4. The molecule has 0 atom stereocenters. The predicted octanol–water partition coefficient (Wildman–Crippen LogP) is 0.891. The van der Waals surface area contributed by atoms with E-state index >= 15 is 0 Å². The van der Waals surface area contributed by atoms with E-state index in [2.05, 4.69) is 15.2 Å². The molecule has 14 heavy (non-hydrogen) atoms. The number of pyridine rings is 1. The highest BCUT2D eigenvalue weighted by Gasteiger charge is 2.12. The van der Waals surface area contributed by atoms with Crippen LogP contribution in [0.25, 0.3) is 11.5 Å². The Hall–Kier alpha value is -1.91. The molecule has 5 heteroatoms. The van der Waals surface area contributed by atoms with Gasteiger partial charge in [0.2, 0.25) is 0 Å². The summed E-state index contributed by atoms with van der Waals surface area (Å²) in [5.74, 6) is 1.47. The Morgan fingerprint density at radius 3 is 2.71 bits per heavy atom. The highest BCUT2D eigenvalue weighted by atomic mass is 16.3. The zero-order valence-corrected chi connectivity index (χ0v) is 7.97. The molecule has 2 rings (SSSR count). The molecule has 0 bridgehead atoms. The van der Waals surface area contributed by atoms with Gasteiger partial charge in [-0.1, -0.05) is 0 Å². The van der Waals surface area contributed by atoms with Gasteiger partial charge in [-0.05, 0) is 19.1 Å². The first-order chi connectivity index (χ1) is 6.70. The summed E-state index contributed by atoms with van der Waals surface area (Å²) in [6.07, 6.45) is 1.61. The molecule has 5 nitrogen and oxygen atoms in total. The molecule has 0 fully saturated rings. The normalized spacial score (nSPS) is 10.4. The molecule has 0 spiro atoms. The number of nitrogens with zero attached hydrogens (tertiary/aromatic N) is 4. The minimum atomic E-state index is 0.114. The van der Waals surface area contributed by atoms with Crippen LogP contribution in [-0.4, -0.2) is 24.9 Å². The van der Waals surface area contributed by atoms with E-state index in [1.807, 2.05) is 14.0 Å². The molecular formula is C9H10N4O. The summed E-state index contributed by atoms with van der Waals surface area (Å²) in [6.45, 7) is 1.84. The first-order valence-corrected chi connectivity index (χ1v) is 4.20. The van der Waals surface area contributed by atoms with Crippen molar-refractivity contribution in [3.8, 4) is 17.3 Å². The lowest BCUT2D eigenvalue weighted by atomic mass is 10.3. The van der Waals surface area contributed by atoms with Crippen molar-refractivity contribution in [3.63, 3.8) is 0 Å². The van der Waals surface area contributed by atoms with Crippen LogP contribution in [0.1, 0.15) is 5.82 Å². The number of hydrogen-bond acceptors (Lipinski definition) is 4. The first kappa shape index (κ1) is 8.68. The van der Waals surface area contributed by atoms with E-state index < -0.39 is 0 Å². The van der Waals surface area contributed by atoms with E-state index in [4.69, 9.17) is 0 Å². The highest BCUT2D eigenvalue weighted by Crippen LogP contribution is 2.23. The molecule has 0 unspecified atom stereocenters. The number of aromatic hydroxyl groups is 1. The van der Waals surface area contributed by atoms with Crippen LogP contribution >= 0.6 is 0 Å². The molecule has 0 aromatic carbocycles. The van der Waals surface area contributed by atoms with Crippen molar-refractivity contribution in [2.45, 2.75) is 6.92 Å². The lowest BCUT2D eigenvalue weighted by Crippen LogP contribution is -1.96. The van der Waals surface area contributed by atoms with Gasteiger partial charge in [0, 0.05) is 13.2 Å². The fraction of sp³-hybridized carbons (Fsp3) is 0.222. The third-order valence-corrected chi connectivity index (χ3v) is 2.09. The van der Waals surface area contributed by atoms with Crippen LogP contribution in [0.3, 0.4) is 0 Å². The Balaban J connectivity index is 2.60. The summed E-state index contributed by atoms with van der Waals surface area (Å²) in [6, 6.07) is 3.24. The SMILES string of the molecule is Cc1nnc(-c2ncccc2O)n1C. The summed E-state index contributed by atoms with van der Waals surface area (Å²) in [4.78, 5) is 4.05. The van der Waals surface area contributed by atoms with Gasteiger partial charge >= 0.3 is 0 Å². The molecule has 0 radical (unpaired) electrons. The molecule has 0 aliphatic heterocycles. The first-order valence-electron chi connectivity index (χ1n) is 4.20. The predicted molar refractivity (Wildman–Crippen MR) is 50.6 cm³/mol. The molecular weight excluding hydrogens is 180 g/mol. The summed E-state index contributed by atoms with van der Waals surface area (Å²) < 4.78 is 1.78. The van der Waals surface area contributed by atoms with Crippen molar-refractivity contribution in [2.24, 2.45) is 7.05 Å². The molecule has 72 valence electrons. The molecule has 2 heterocycles. The number of aromatic nitrogens is 4. The Bertz CT molecular complexity index is 464. The molecule has 0 saturated heterocycles. The molecule has 2 aromatic rings. The van der Waals surface area contributed by atoms with Crippen LogP contribution in [0.15, 0.2) is 18.3 Å². The van der Waals surface area contributed by atoms with E-state index in [0.717, 1.165) is 5.82 Å². The van der Waals surface area contributed by atoms with E-state index in [1.54, 1.807) is 22.9 Å². The highest BCUT2D eigenvalue weighted by molar-refractivity contribution is 5.58. The van der Waals surface area contributed by atoms with Crippen LogP contribution in [0.5, 0.6) is 5.75 Å². The molecule has 0 saturated carbocycles. The van der Waals surface area contributed by atoms with Gasteiger partial charge in [-0.15, -0.1) is 10.2 Å². The lowest BCUT2D eigenvalue weighted by Gasteiger charge is -2.02. The van der Waals surface area contributed by atoms with Crippen LogP contribution in [0, 0.1) is 6.92 Å². The van der Waals surface area contributed by atoms with E-state index in [0.29, 0.717) is 11.5 Å². The maximum atomic E-state index is 9.55. The van der Waals surface area contributed by atoms with Gasteiger partial charge in [-0.3, -0.25) is 0 Å². The van der Waals surface area contributed by atoms with Crippen LogP contribution in [-0.2, 0) is 7.05 Å². The van der Waals surface area contributed by atoms with Gasteiger partial charge in [-0.2, -0.15) is 0 Å². The van der Waals surface area contributed by atoms with Gasteiger partial charge in [0.25, 0.3) is 0 Å². The van der Waals surface area contributed by atoms with E-state index in [-0.39, 0.29) is 5.75 Å². The summed E-state index contributed by atoms with van der Waals surface area (Å²) in [7, 11) is 1.83. The Kier molecular flexibility index (Phi) is 1.92. The van der Waals surface area contributed by atoms with Gasteiger partial charge < -0.3 is 9.67 Å². The minimum absolute atomic E-state index is 0.114. The molecule has 2 aromatic heterocycles. The number of hydrogen-bond donors (Lipinski definition) is 1. The third-order valence-electron chi connectivity index (χ3n) is 2.09. The van der Waals surface area contributed by atoms with Crippen molar-refractivity contribution in [1.82, 2.24) is 19.7 Å². The average molecular weight is 190 g/mol. The average Bonchev–Trinajstić information content (AvgIpc) is 2.49. The number of aryl methyl sites for hydroxylation is 1. The Morgan fingerprint density at radius 1 is 1.36 bits per heavy atom. The fourth-order valence-electron chi connectivity index (χ4n) is 1.18. The van der Waals surface area contributed by atoms with Crippen molar-refractivity contribution in [3.05, 3.63) is 24.2 Å². The van der Waals surface area contributed by atoms with Crippen LogP contribution < -0.4 is 0 Å². The van der Waals surface area contributed by atoms with Gasteiger partial charge in [-0.25, -0.2) is 4.98 Å². The van der Waals surface area contributed by atoms with Crippen molar-refractivity contribution in [1.29, 1.82) is 0 Å². The second kappa shape index (κ2) is 3.10. The zero-order chi connectivity index (χ0) is 10.1. The largest absolute Gasteiger partial charge is 0.506 e. The Labute approximate surface area is 81.1 Å². The third kappa shape index (κ3) is 1.22. The Morgan fingerprint density at radius 2 is 2.14 bits per heavy atom. The molecule has 0 aliphatic rings. The maximum absolute atomic E-state index is 9.55. The summed E-state index contributed by atoms with van der Waals surface area (Å²) >= 11 is 0. The lowest BCUT2D eigenvalue weighted by molar-refractivity contribution is 0.474. The van der Waals surface area contributed by atoms with Gasteiger partial charge in [0.1, 0.15) is 17.3 Å². The molecule has 0 aliphatic carbocycles. The topological polar surface area (TPSA) is 63.8 Å². The number of rotatable bonds is 1. The monoisotopic (exact) mass is 190 g/mol. The van der Waals surface area contributed by atoms with E-state index in [1.165, 1.54) is 0 Å². The minimum Gasteiger partial charge on any atom is -0.506 e. The van der Waals surface area contributed by atoms with Crippen LogP contribution in [0.4, 0.5) is 0 Å². The zero-order valence-electron chi connectivity index (χ0n) is 7.97. The van der Waals surface area contributed by atoms with Crippen molar-refractivity contribution >= 4 is 0 Å². The van der Waals surface area contributed by atoms with Crippen LogP contribution in [0.2, 0.25) is 0 Å². The second-order valence-electron chi connectivity index (χ2n) is 3.00. The van der Waals surface area contributed by atoms with Crippen molar-refractivity contribution in [2.75, 3.05) is 0 Å². The smallest absolute Gasteiger partial charge is 0.186 e. The standard InChI is InChI=1S/C9H10N4O/c1-6-11-12-9(13(6)2)8-7(14)4-3-5-10-8/h3-5,14H,1-2H3. The van der Waals surface area contributed by atoms with E-state index in [9.17, 15) is 5.11 Å². The molecule has 0 amide bonds. The second-order valence-corrected chi connectivity index (χ2v) is 3.00. The maximum Gasteiger partial charge on any atom is 0.186 e. The fourth-order valence-corrected chi connectivity index (χ4v) is 1.18.